The second kappa shape index (κ2) is 8.10. The molecule has 0 amide bonds. The number of sulfonamides is 1. The summed E-state index contributed by atoms with van der Waals surface area (Å²) in [6, 6.07) is 6.24. The Morgan fingerprint density at radius 1 is 1.21 bits per heavy atom. The molecule has 1 aliphatic carbocycles. The van der Waals surface area contributed by atoms with E-state index < -0.39 is 15.5 Å². The Morgan fingerprint density at radius 2 is 1.79 bits per heavy atom. The SMILES string of the molecule is CN=C(NCC1(c2ccc(F)cc2)CC1)NC1CCN(S(=O)(=O)C(F)(F)F)CC1. The quantitative estimate of drug-likeness (QED) is 0.422. The Balaban J connectivity index is 1.51. The van der Waals surface area contributed by atoms with E-state index in [4.69, 9.17) is 0 Å². The van der Waals surface area contributed by atoms with E-state index in [9.17, 15) is 26.0 Å². The number of hydrogen-bond acceptors (Lipinski definition) is 3. The van der Waals surface area contributed by atoms with Crippen molar-refractivity contribution in [3.8, 4) is 0 Å². The first kappa shape index (κ1) is 21.8. The lowest BCUT2D eigenvalue weighted by Gasteiger charge is -2.32. The third-order valence-electron chi connectivity index (χ3n) is 5.56. The lowest BCUT2D eigenvalue weighted by molar-refractivity contribution is -0.0494. The highest BCUT2D eigenvalue weighted by Gasteiger charge is 2.50. The summed E-state index contributed by atoms with van der Waals surface area (Å²) in [6.45, 7) is 0.200. The third-order valence-corrected chi connectivity index (χ3v) is 7.19. The van der Waals surface area contributed by atoms with Gasteiger partial charge in [-0.1, -0.05) is 12.1 Å². The normalized spacial score (nSPS) is 21.1. The zero-order valence-corrected chi connectivity index (χ0v) is 16.8. The van der Waals surface area contributed by atoms with Gasteiger partial charge in [0.2, 0.25) is 0 Å². The fraction of sp³-hybridized carbons (Fsp3) is 0.611. The van der Waals surface area contributed by atoms with Crippen LogP contribution in [0.5, 0.6) is 0 Å². The van der Waals surface area contributed by atoms with E-state index in [2.05, 4.69) is 15.6 Å². The van der Waals surface area contributed by atoms with E-state index in [1.807, 2.05) is 0 Å². The highest BCUT2D eigenvalue weighted by atomic mass is 32.2. The first-order valence-electron chi connectivity index (χ1n) is 9.37. The molecule has 1 heterocycles. The third kappa shape index (κ3) is 4.82. The number of hydrogen-bond donors (Lipinski definition) is 2. The van der Waals surface area contributed by atoms with Gasteiger partial charge in [-0.2, -0.15) is 17.5 Å². The van der Waals surface area contributed by atoms with E-state index in [0.29, 0.717) is 16.8 Å². The maximum Gasteiger partial charge on any atom is 0.511 e. The lowest BCUT2D eigenvalue weighted by atomic mass is 9.96. The number of nitrogens with one attached hydrogen (secondary N) is 2. The summed E-state index contributed by atoms with van der Waals surface area (Å²) < 4.78 is 74.6. The van der Waals surface area contributed by atoms with Gasteiger partial charge in [0, 0.05) is 38.1 Å². The van der Waals surface area contributed by atoms with Crippen LogP contribution in [0.1, 0.15) is 31.2 Å². The molecule has 1 aromatic rings. The van der Waals surface area contributed by atoms with Crippen LogP contribution < -0.4 is 10.6 Å². The first-order chi connectivity index (χ1) is 13.6. The molecular formula is C18H24F4N4O2S. The molecule has 0 bridgehead atoms. The van der Waals surface area contributed by atoms with Gasteiger partial charge in [-0.05, 0) is 43.4 Å². The molecule has 1 saturated heterocycles. The van der Waals surface area contributed by atoms with Gasteiger partial charge in [-0.3, -0.25) is 4.99 Å². The van der Waals surface area contributed by atoms with Crippen molar-refractivity contribution in [3.05, 3.63) is 35.6 Å². The molecule has 0 unspecified atom stereocenters. The van der Waals surface area contributed by atoms with E-state index in [-0.39, 0.29) is 43.2 Å². The Kier molecular flexibility index (Phi) is 6.09. The van der Waals surface area contributed by atoms with Crippen molar-refractivity contribution < 1.29 is 26.0 Å². The standard InChI is InChI=1S/C18H24F4N4O2S/c1-23-16(24-12-17(8-9-17)13-2-4-14(19)5-3-13)25-15-6-10-26(11-7-15)29(27,28)18(20,21)22/h2-5,15H,6-12H2,1H3,(H2,23,24,25). The summed E-state index contributed by atoms with van der Waals surface area (Å²) in [6.07, 6.45) is 2.44. The van der Waals surface area contributed by atoms with Gasteiger partial charge in [-0.15, -0.1) is 0 Å². The summed E-state index contributed by atoms with van der Waals surface area (Å²) in [5.41, 5.74) is -4.30. The van der Waals surface area contributed by atoms with Crippen LogP contribution in [-0.2, 0) is 15.4 Å². The molecule has 1 aliphatic heterocycles. The van der Waals surface area contributed by atoms with Gasteiger partial charge in [-0.25, -0.2) is 12.8 Å². The molecule has 1 aromatic carbocycles. The van der Waals surface area contributed by atoms with Crippen molar-refractivity contribution in [2.45, 2.75) is 42.6 Å². The summed E-state index contributed by atoms with van der Waals surface area (Å²) in [4.78, 5) is 4.15. The first-order valence-corrected chi connectivity index (χ1v) is 10.8. The van der Waals surface area contributed by atoms with Crippen LogP contribution in [0.25, 0.3) is 0 Å². The Morgan fingerprint density at radius 3 is 2.28 bits per heavy atom. The topological polar surface area (TPSA) is 73.8 Å². The number of guanidine groups is 1. The van der Waals surface area contributed by atoms with Crippen molar-refractivity contribution in [3.63, 3.8) is 0 Å². The summed E-state index contributed by atoms with van der Waals surface area (Å²) >= 11 is 0. The van der Waals surface area contributed by atoms with E-state index in [1.165, 1.54) is 12.1 Å². The van der Waals surface area contributed by atoms with Gasteiger partial charge in [0.1, 0.15) is 5.82 Å². The van der Waals surface area contributed by atoms with Gasteiger partial charge in [0.25, 0.3) is 0 Å². The highest BCUT2D eigenvalue weighted by Crippen LogP contribution is 2.47. The van der Waals surface area contributed by atoms with Crippen molar-refractivity contribution in [2.24, 2.45) is 4.99 Å². The zero-order chi connectivity index (χ0) is 21.3. The van der Waals surface area contributed by atoms with Crippen LogP contribution in [0.3, 0.4) is 0 Å². The molecule has 2 N–H and O–H groups in total. The molecule has 0 atom stereocenters. The van der Waals surface area contributed by atoms with Crippen LogP contribution in [0, 0.1) is 5.82 Å². The molecule has 2 fully saturated rings. The van der Waals surface area contributed by atoms with Crippen LogP contribution in [0.2, 0.25) is 0 Å². The van der Waals surface area contributed by atoms with Crippen molar-refractivity contribution in [1.82, 2.24) is 14.9 Å². The molecule has 3 rings (SSSR count). The molecule has 11 heteroatoms. The molecule has 29 heavy (non-hydrogen) atoms. The summed E-state index contributed by atoms with van der Waals surface area (Å²) in [5.74, 6) is 0.226. The van der Waals surface area contributed by atoms with Crippen molar-refractivity contribution in [2.75, 3.05) is 26.7 Å². The average Bonchev–Trinajstić information content (AvgIpc) is 3.46. The molecule has 162 valence electrons. The van der Waals surface area contributed by atoms with Gasteiger partial charge in [0.05, 0.1) is 0 Å². The smallest absolute Gasteiger partial charge is 0.356 e. The second-order valence-electron chi connectivity index (χ2n) is 7.48. The van der Waals surface area contributed by atoms with Crippen LogP contribution in [0.15, 0.2) is 29.3 Å². The Hall–Kier alpha value is -1.88. The molecule has 0 aromatic heterocycles. The minimum absolute atomic E-state index is 0.0739. The molecule has 2 aliphatic rings. The number of benzene rings is 1. The predicted octanol–water partition coefficient (Wildman–Crippen LogP) is 2.34. The largest absolute Gasteiger partial charge is 0.511 e. The van der Waals surface area contributed by atoms with E-state index >= 15 is 0 Å². The molecular weight excluding hydrogens is 412 g/mol. The number of alkyl halides is 3. The molecule has 6 nitrogen and oxygen atoms in total. The predicted molar refractivity (Wildman–Crippen MR) is 101 cm³/mol. The minimum atomic E-state index is -5.28. The van der Waals surface area contributed by atoms with Gasteiger partial charge < -0.3 is 10.6 Å². The number of nitrogens with zero attached hydrogens (tertiary/aromatic N) is 2. The fourth-order valence-electron chi connectivity index (χ4n) is 3.55. The lowest BCUT2D eigenvalue weighted by Crippen LogP contribution is -2.52. The van der Waals surface area contributed by atoms with Crippen LogP contribution in [0.4, 0.5) is 17.6 Å². The maximum absolute atomic E-state index is 13.1. The Labute approximate surface area is 167 Å². The second-order valence-corrected chi connectivity index (χ2v) is 9.41. The summed E-state index contributed by atoms with van der Waals surface area (Å²) in [5, 5.41) is 6.39. The molecule has 1 saturated carbocycles. The molecule has 0 spiro atoms. The highest BCUT2D eigenvalue weighted by molar-refractivity contribution is 7.90. The van der Waals surface area contributed by atoms with Crippen LogP contribution in [-0.4, -0.2) is 56.9 Å². The van der Waals surface area contributed by atoms with E-state index in [0.717, 1.165) is 18.4 Å². The van der Waals surface area contributed by atoms with Gasteiger partial charge >= 0.3 is 15.5 Å². The van der Waals surface area contributed by atoms with Crippen LogP contribution >= 0.6 is 0 Å². The van der Waals surface area contributed by atoms with Crippen molar-refractivity contribution in [1.29, 1.82) is 0 Å². The molecule has 0 radical (unpaired) electrons. The maximum atomic E-state index is 13.1. The Bertz CT molecular complexity index is 844. The fourth-order valence-corrected chi connectivity index (χ4v) is 4.53. The number of aliphatic imine (C=N–C) groups is 1. The van der Waals surface area contributed by atoms with E-state index in [1.54, 1.807) is 19.2 Å². The summed E-state index contributed by atoms with van der Waals surface area (Å²) in [7, 11) is -3.69. The van der Waals surface area contributed by atoms with Crippen molar-refractivity contribution >= 4 is 16.0 Å². The number of rotatable bonds is 5. The number of piperidine rings is 1. The average molecular weight is 436 g/mol. The zero-order valence-electron chi connectivity index (χ0n) is 16.0. The van der Waals surface area contributed by atoms with Gasteiger partial charge in [0.15, 0.2) is 5.96 Å². The monoisotopic (exact) mass is 436 g/mol. The number of halogens is 4. The minimum Gasteiger partial charge on any atom is -0.356 e.